The molecule has 122 valence electrons. The van der Waals surface area contributed by atoms with Gasteiger partial charge in [0.1, 0.15) is 17.2 Å². The topological polar surface area (TPSA) is 53.7 Å². The molecule has 3 rings (SSSR count). The van der Waals surface area contributed by atoms with Crippen molar-refractivity contribution in [3.8, 4) is 17.0 Å². The largest absolute Gasteiger partial charge is 0.500 e. The summed E-state index contributed by atoms with van der Waals surface area (Å²) in [5.74, 6) is 1.46. The second-order valence-corrected chi connectivity index (χ2v) is 6.82. The molecule has 0 aliphatic carbocycles. The molecule has 2 heterocycles. The Hall–Kier alpha value is -1.79. The van der Waals surface area contributed by atoms with E-state index in [2.05, 4.69) is 5.16 Å². The summed E-state index contributed by atoms with van der Waals surface area (Å²) in [6.45, 7) is 9.99. The molecule has 0 amide bonds. The molecule has 1 aromatic carbocycles. The van der Waals surface area contributed by atoms with E-state index in [4.69, 9.17) is 18.6 Å². The van der Waals surface area contributed by atoms with Gasteiger partial charge in [-0.05, 0) is 46.8 Å². The average Bonchev–Trinajstić information content (AvgIpc) is 2.96. The third-order valence-corrected chi connectivity index (χ3v) is 4.74. The quantitative estimate of drug-likeness (QED) is 0.815. The predicted octanol–water partition coefficient (Wildman–Crippen LogP) is 2.96. The Morgan fingerprint density at radius 3 is 2.35 bits per heavy atom. The van der Waals surface area contributed by atoms with E-state index in [1.54, 1.807) is 7.11 Å². The molecule has 0 atom stereocenters. The molecule has 23 heavy (non-hydrogen) atoms. The van der Waals surface area contributed by atoms with E-state index in [9.17, 15) is 0 Å². The van der Waals surface area contributed by atoms with Gasteiger partial charge in [0.25, 0.3) is 0 Å². The molecule has 0 bridgehead atoms. The number of hydrogen-bond acceptors (Lipinski definition) is 5. The monoisotopic (exact) mass is 315 g/mol. The Balaban J connectivity index is 2.03. The molecule has 0 N–H and O–H groups in total. The van der Waals surface area contributed by atoms with Crippen molar-refractivity contribution in [2.45, 2.75) is 45.8 Å². The lowest BCUT2D eigenvalue weighted by Gasteiger charge is -2.32. The summed E-state index contributed by atoms with van der Waals surface area (Å²) in [7, 11) is 1.13. The van der Waals surface area contributed by atoms with Gasteiger partial charge in [-0.3, -0.25) is 0 Å². The highest BCUT2D eigenvalue weighted by atomic mass is 16.7. The Morgan fingerprint density at radius 1 is 1.09 bits per heavy atom. The Morgan fingerprint density at radius 2 is 1.74 bits per heavy atom. The zero-order chi connectivity index (χ0) is 16.8. The molecule has 2 aromatic rings. The molecule has 1 aromatic heterocycles. The van der Waals surface area contributed by atoms with Crippen molar-refractivity contribution in [3.05, 3.63) is 30.0 Å². The van der Waals surface area contributed by atoms with Gasteiger partial charge in [0, 0.05) is 5.56 Å². The van der Waals surface area contributed by atoms with Gasteiger partial charge >= 0.3 is 7.12 Å². The van der Waals surface area contributed by atoms with Crippen LogP contribution < -0.4 is 10.2 Å². The molecule has 1 aliphatic heterocycles. The van der Waals surface area contributed by atoms with Crippen LogP contribution in [0, 0.1) is 6.92 Å². The van der Waals surface area contributed by atoms with Gasteiger partial charge in [0.15, 0.2) is 0 Å². The SMILES string of the molecule is COc1cccc(-c2noc(C)c2B2OC(C)(C)C(C)(C)O2)c1. The third kappa shape index (κ3) is 2.66. The molecule has 6 heteroatoms. The molecule has 1 fully saturated rings. The van der Waals surface area contributed by atoms with Gasteiger partial charge in [-0.15, -0.1) is 0 Å². The van der Waals surface area contributed by atoms with Gasteiger partial charge < -0.3 is 18.6 Å². The molecule has 0 unspecified atom stereocenters. The first-order valence-electron chi connectivity index (χ1n) is 7.71. The van der Waals surface area contributed by atoms with Gasteiger partial charge in [-0.1, -0.05) is 17.3 Å². The number of aromatic nitrogens is 1. The van der Waals surface area contributed by atoms with Crippen LogP contribution in [0.3, 0.4) is 0 Å². The average molecular weight is 315 g/mol. The highest BCUT2D eigenvalue weighted by molar-refractivity contribution is 6.64. The van der Waals surface area contributed by atoms with Crippen LogP contribution in [0.1, 0.15) is 33.5 Å². The Kier molecular flexibility index (Phi) is 3.77. The molecule has 0 radical (unpaired) electrons. The molecule has 0 spiro atoms. The first kappa shape index (κ1) is 16.1. The van der Waals surface area contributed by atoms with Crippen LogP contribution in [0.15, 0.2) is 28.8 Å². The van der Waals surface area contributed by atoms with Crippen molar-refractivity contribution in [3.63, 3.8) is 0 Å². The number of nitrogens with zero attached hydrogens (tertiary/aromatic N) is 1. The summed E-state index contributed by atoms with van der Waals surface area (Å²) in [6, 6.07) is 7.71. The molecule has 1 saturated heterocycles. The van der Waals surface area contributed by atoms with E-state index in [-0.39, 0.29) is 0 Å². The van der Waals surface area contributed by atoms with Gasteiger partial charge in [0.05, 0.1) is 23.8 Å². The minimum Gasteiger partial charge on any atom is -0.497 e. The maximum absolute atomic E-state index is 6.15. The Labute approximate surface area is 137 Å². The number of benzene rings is 1. The van der Waals surface area contributed by atoms with E-state index in [0.29, 0.717) is 5.76 Å². The highest BCUT2D eigenvalue weighted by Crippen LogP contribution is 2.37. The van der Waals surface area contributed by atoms with Crippen LogP contribution in [-0.2, 0) is 9.31 Å². The van der Waals surface area contributed by atoms with Crippen molar-refractivity contribution in [2.75, 3.05) is 7.11 Å². The number of methoxy groups -OCH3 is 1. The molecule has 0 saturated carbocycles. The molecule has 5 nitrogen and oxygen atoms in total. The second-order valence-electron chi connectivity index (χ2n) is 6.82. The van der Waals surface area contributed by atoms with Crippen LogP contribution in [0.25, 0.3) is 11.3 Å². The summed E-state index contributed by atoms with van der Waals surface area (Å²) in [6.07, 6.45) is 0. The van der Waals surface area contributed by atoms with E-state index in [1.165, 1.54) is 0 Å². The summed E-state index contributed by atoms with van der Waals surface area (Å²) in [5, 5.41) is 4.21. The number of aryl methyl sites for hydroxylation is 1. The minimum atomic E-state index is -0.507. The first-order chi connectivity index (χ1) is 10.7. The van der Waals surface area contributed by atoms with Gasteiger partial charge in [-0.2, -0.15) is 0 Å². The standard InChI is InChI=1S/C17H22BNO4/c1-11-14(18-22-16(2,3)17(4,5)23-18)15(19-21-11)12-8-7-9-13(10-12)20-6/h7-10H,1-6H3. The normalized spacial score (nSPS) is 19.1. The zero-order valence-corrected chi connectivity index (χ0v) is 14.5. The highest BCUT2D eigenvalue weighted by Gasteiger charge is 2.53. The summed E-state index contributed by atoms with van der Waals surface area (Å²) in [5.41, 5.74) is 1.64. The predicted molar refractivity (Wildman–Crippen MR) is 88.9 cm³/mol. The summed E-state index contributed by atoms with van der Waals surface area (Å²) in [4.78, 5) is 0. The van der Waals surface area contributed by atoms with Crippen LogP contribution in [0.4, 0.5) is 0 Å². The van der Waals surface area contributed by atoms with E-state index in [0.717, 1.165) is 22.5 Å². The third-order valence-electron chi connectivity index (χ3n) is 4.74. The number of rotatable bonds is 3. The lowest BCUT2D eigenvalue weighted by molar-refractivity contribution is 0.00578. The van der Waals surface area contributed by atoms with Crippen molar-refractivity contribution < 1.29 is 18.6 Å². The van der Waals surface area contributed by atoms with E-state index < -0.39 is 18.3 Å². The summed E-state index contributed by atoms with van der Waals surface area (Å²) < 4.78 is 23.0. The molecule has 1 aliphatic rings. The van der Waals surface area contributed by atoms with E-state index in [1.807, 2.05) is 58.9 Å². The lowest BCUT2D eigenvalue weighted by atomic mass is 9.76. The van der Waals surface area contributed by atoms with Crippen LogP contribution in [0.2, 0.25) is 0 Å². The zero-order valence-electron chi connectivity index (χ0n) is 14.5. The fourth-order valence-corrected chi connectivity index (χ4v) is 2.60. The maximum Gasteiger partial charge on any atom is 0.500 e. The van der Waals surface area contributed by atoms with Crippen LogP contribution in [0.5, 0.6) is 5.75 Å². The number of ether oxygens (including phenoxy) is 1. The van der Waals surface area contributed by atoms with Crippen LogP contribution in [-0.4, -0.2) is 30.6 Å². The lowest BCUT2D eigenvalue weighted by Crippen LogP contribution is -2.41. The van der Waals surface area contributed by atoms with E-state index >= 15 is 0 Å². The number of hydrogen-bond donors (Lipinski definition) is 0. The van der Waals surface area contributed by atoms with Gasteiger partial charge in [0.2, 0.25) is 0 Å². The maximum atomic E-state index is 6.15. The molecular weight excluding hydrogens is 293 g/mol. The van der Waals surface area contributed by atoms with Crippen molar-refractivity contribution in [1.82, 2.24) is 5.16 Å². The fourth-order valence-electron chi connectivity index (χ4n) is 2.60. The first-order valence-corrected chi connectivity index (χ1v) is 7.71. The molecular formula is C17H22BNO4. The van der Waals surface area contributed by atoms with Gasteiger partial charge in [-0.25, -0.2) is 0 Å². The fraction of sp³-hybridized carbons (Fsp3) is 0.471. The summed E-state index contributed by atoms with van der Waals surface area (Å²) >= 11 is 0. The minimum absolute atomic E-state index is 0.410. The smallest absolute Gasteiger partial charge is 0.497 e. The van der Waals surface area contributed by atoms with Crippen LogP contribution >= 0.6 is 0 Å². The second kappa shape index (κ2) is 5.39. The Bertz CT molecular complexity index is 707. The van der Waals surface area contributed by atoms with Crippen molar-refractivity contribution >= 4 is 12.6 Å². The van der Waals surface area contributed by atoms with Crippen molar-refractivity contribution in [2.24, 2.45) is 0 Å². The van der Waals surface area contributed by atoms with Crippen molar-refractivity contribution in [1.29, 1.82) is 0 Å².